The van der Waals surface area contributed by atoms with E-state index in [1.54, 1.807) is 14.0 Å². The molecule has 0 aromatic heterocycles. The van der Waals surface area contributed by atoms with Gasteiger partial charge in [-0.25, -0.2) is 0 Å². The molecular weight excluding hydrogens is 230 g/mol. The van der Waals surface area contributed by atoms with Gasteiger partial charge in [0, 0.05) is 6.54 Å². The Morgan fingerprint density at radius 1 is 1.28 bits per heavy atom. The molecule has 0 aliphatic carbocycles. The van der Waals surface area contributed by atoms with Crippen LogP contribution >= 0.6 is 0 Å². The summed E-state index contributed by atoms with van der Waals surface area (Å²) >= 11 is 0. The van der Waals surface area contributed by atoms with Crippen LogP contribution in [-0.2, 0) is 0 Å². The highest BCUT2D eigenvalue weighted by Gasteiger charge is 2.08. The summed E-state index contributed by atoms with van der Waals surface area (Å²) in [5.74, 6) is 1.39. The van der Waals surface area contributed by atoms with Crippen molar-refractivity contribution in [1.82, 2.24) is 4.90 Å². The molecule has 0 amide bonds. The minimum Gasteiger partial charge on any atom is -0.493 e. The predicted octanol–water partition coefficient (Wildman–Crippen LogP) is 2.08. The minimum absolute atomic E-state index is 0.498. The third-order valence-electron chi connectivity index (χ3n) is 2.68. The number of aliphatic hydroxyl groups is 1. The Bertz CT molecular complexity index is 364. The van der Waals surface area contributed by atoms with Gasteiger partial charge in [0.1, 0.15) is 0 Å². The third-order valence-corrected chi connectivity index (χ3v) is 2.68. The summed E-state index contributed by atoms with van der Waals surface area (Å²) in [5.41, 5.74) is 0.826. The monoisotopic (exact) mass is 253 g/mol. The number of methoxy groups -OCH3 is 1. The van der Waals surface area contributed by atoms with E-state index in [-0.39, 0.29) is 0 Å². The molecule has 1 N–H and O–H groups in total. The van der Waals surface area contributed by atoms with Gasteiger partial charge >= 0.3 is 0 Å². The van der Waals surface area contributed by atoms with Crippen LogP contribution in [0, 0.1) is 0 Å². The SMILES string of the molecule is COc1cc([C@H](C)O)ccc1OCCCN(C)C. The maximum atomic E-state index is 9.51. The second-order valence-electron chi connectivity index (χ2n) is 4.59. The predicted molar refractivity (Wildman–Crippen MR) is 72.3 cm³/mol. The first-order valence-corrected chi connectivity index (χ1v) is 6.18. The molecule has 1 rings (SSSR count). The van der Waals surface area contributed by atoms with Crippen LogP contribution in [-0.4, -0.2) is 44.4 Å². The van der Waals surface area contributed by atoms with Crippen molar-refractivity contribution in [2.24, 2.45) is 0 Å². The molecule has 0 aliphatic heterocycles. The van der Waals surface area contributed by atoms with E-state index in [2.05, 4.69) is 4.90 Å². The van der Waals surface area contributed by atoms with Gasteiger partial charge in [-0.2, -0.15) is 0 Å². The highest BCUT2D eigenvalue weighted by molar-refractivity contribution is 5.43. The maximum absolute atomic E-state index is 9.51. The van der Waals surface area contributed by atoms with E-state index in [9.17, 15) is 5.11 Å². The van der Waals surface area contributed by atoms with E-state index >= 15 is 0 Å². The van der Waals surface area contributed by atoms with Crippen LogP contribution in [0.3, 0.4) is 0 Å². The molecule has 0 saturated heterocycles. The van der Waals surface area contributed by atoms with Crippen molar-refractivity contribution in [2.75, 3.05) is 34.4 Å². The number of aliphatic hydroxyl groups excluding tert-OH is 1. The Labute approximate surface area is 109 Å². The van der Waals surface area contributed by atoms with Crippen molar-refractivity contribution in [3.8, 4) is 11.5 Å². The lowest BCUT2D eigenvalue weighted by atomic mass is 10.1. The first-order valence-electron chi connectivity index (χ1n) is 6.18. The second-order valence-corrected chi connectivity index (χ2v) is 4.59. The van der Waals surface area contributed by atoms with Gasteiger partial charge in [-0.05, 0) is 45.1 Å². The largest absolute Gasteiger partial charge is 0.493 e. The Hall–Kier alpha value is -1.26. The Balaban J connectivity index is 2.59. The van der Waals surface area contributed by atoms with Crippen LogP contribution in [0.5, 0.6) is 11.5 Å². The maximum Gasteiger partial charge on any atom is 0.161 e. The molecule has 0 unspecified atom stereocenters. The van der Waals surface area contributed by atoms with Gasteiger partial charge in [0.25, 0.3) is 0 Å². The normalized spacial score (nSPS) is 12.6. The summed E-state index contributed by atoms with van der Waals surface area (Å²) in [6.07, 6.45) is 0.468. The fourth-order valence-corrected chi connectivity index (χ4v) is 1.63. The molecule has 0 fully saturated rings. The van der Waals surface area contributed by atoms with E-state index in [0.29, 0.717) is 12.4 Å². The van der Waals surface area contributed by atoms with E-state index in [4.69, 9.17) is 9.47 Å². The number of nitrogens with zero attached hydrogens (tertiary/aromatic N) is 1. The minimum atomic E-state index is -0.498. The molecular formula is C14H23NO3. The molecule has 102 valence electrons. The molecule has 4 nitrogen and oxygen atoms in total. The molecule has 0 heterocycles. The standard InChI is InChI=1S/C14H23NO3/c1-11(16)12-6-7-13(14(10-12)17-4)18-9-5-8-15(2)3/h6-7,10-11,16H,5,8-9H2,1-4H3/t11-/m0/s1. The van der Waals surface area contributed by atoms with Gasteiger partial charge in [0.05, 0.1) is 19.8 Å². The van der Waals surface area contributed by atoms with Crippen molar-refractivity contribution in [1.29, 1.82) is 0 Å². The number of rotatable bonds is 7. The summed E-state index contributed by atoms with van der Waals surface area (Å²) in [6, 6.07) is 5.51. The lowest BCUT2D eigenvalue weighted by molar-refractivity contribution is 0.198. The van der Waals surface area contributed by atoms with Crippen LogP contribution in [0.2, 0.25) is 0 Å². The average molecular weight is 253 g/mol. The summed E-state index contributed by atoms with van der Waals surface area (Å²) < 4.78 is 10.9. The van der Waals surface area contributed by atoms with Crippen LogP contribution < -0.4 is 9.47 Å². The molecule has 1 aromatic rings. The van der Waals surface area contributed by atoms with Gasteiger partial charge in [0.2, 0.25) is 0 Å². The van der Waals surface area contributed by atoms with Gasteiger partial charge in [0.15, 0.2) is 11.5 Å². The van der Waals surface area contributed by atoms with Crippen molar-refractivity contribution >= 4 is 0 Å². The summed E-state index contributed by atoms with van der Waals surface area (Å²) in [7, 11) is 5.68. The highest BCUT2D eigenvalue weighted by Crippen LogP contribution is 2.30. The topological polar surface area (TPSA) is 41.9 Å². The fraction of sp³-hybridized carbons (Fsp3) is 0.571. The van der Waals surface area contributed by atoms with Crippen molar-refractivity contribution in [2.45, 2.75) is 19.4 Å². The van der Waals surface area contributed by atoms with E-state index in [1.165, 1.54) is 0 Å². The van der Waals surface area contributed by atoms with Crippen molar-refractivity contribution in [3.05, 3.63) is 23.8 Å². The smallest absolute Gasteiger partial charge is 0.161 e. The zero-order valence-electron chi connectivity index (χ0n) is 11.6. The fourth-order valence-electron chi connectivity index (χ4n) is 1.63. The quantitative estimate of drug-likeness (QED) is 0.755. The first-order chi connectivity index (χ1) is 8.54. The van der Waals surface area contributed by atoms with E-state index < -0.39 is 6.10 Å². The van der Waals surface area contributed by atoms with Crippen LogP contribution in [0.4, 0.5) is 0 Å². The summed E-state index contributed by atoms with van der Waals surface area (Å²) in [6.45, 7) is 3.38. The van der Waals surface area contributed by atoms with Gasteiger partial charge < -0.3 is 19.5 Å². The molecule has 1 aromatic carbocycles. The highest BCUT2D eigenvalue weighted by atomic mass is 16.5. The Kier molecular flexibility index (Phi) is 5.95. The van der Waals surface area contributed by atoms with E-state index in [1.807, 2.05) is 32.3 Å². The zero-order valence-corrected chi connectivity index (χ0v) is 11.6. The van der Waals surface area contributed by atoms with Gasteiger partial charge in [-0.3, -0.25) is 0 Å². The number of benzene rings is 1. The molecule has 0 spiro atoms. The second kappa shape index (κ2) is 7.24. The molecule has 0 saturated carbocycles. The third kappa shape index (κ3) is 4.55. The van der Waals surface area contributed by atoms with Crippen molar-refractivity contribution in [3.63, 3.8) is 0 Å². The Morgan fingerprint density at radius 2 is 2.00 bits per heavy atom. The first kappa shape index (κ1) is 14.8. The number of hydrogen-bond acceptors (Lipinski definition) is 4. The number of hydrogen-bond donors (Lipinski definition) is 1. The lowest BCUT2D eigenvalue weighted by Crippen LogP contribution is -2.15. The van der Waals surface area contributed by atoms with Crippen LogP contribution in [0.1, 0.15) is 25.0 Å². The summed E-state index contributed by atoms with van der Waals surface area (Å²) in [5, 5.41) is 9.51. The Morgan fingerprint density at radius 3 is 2.56 bits per heavy atom. The molecule has 0 aliphatic rings. The van der Waals surface area contributed by atoms with Gasteiger partial charge in [-0.15, -0.1) is 0 Å². The lowest BCUT2D eigenvalue weighted by Gasteiger charge is -2.14. The molecule has 1 atom stereocenters. The molecule has 0 radical (unpaired) electrons. The van der Waals surface area contributed by atoms with Crippen molar-refractivity contribution < 1.29 is 14.6 Å². The zero-order chi connectivity index (χ0) is 13.5. The molecule has 4 heteroatoms. The molecule has 18 heavy (non-hydrogen) atoms. The van der Waals surface area contributed by atoms with Gasteiger partial charge in [-0.1, -0.05) is 6.07 Å². The summed E-state index contributed by atoms with van der Waals surface area (Å²) in [4.78, 5) is 2.12. The van der Waals surface area contributed by atoms with Crippen LogP contribution in [0.15, 0.2) is 18.2 Å². The average Bonchev–Trinajstić information content (AvgIpc) is 2.34. The molecule has 0 bridgehead atoms. The number of ether oxygens (including phenoxy) is 2. The van der Waals surface area contributed by atoms with Crippen LogP contribution in [0.25, 0.3) is 0 Å². The van der Waals surface area contributed by atoms with E-state index in [0.717, 1.165) is 24.3 Å².